The molecular formula is C20H19NO2. The lowest BCUT2D eigenvalue weighted by atomic mass is 10.0. The van der Waals surface area contributed by atoms with Crippen LogP contribution in [0.5, 0.6) is 5.75 Å². The van der Waals surface area contributed by atoms with E-state index >= 15 is 0 Å². The predicted molar refractivity (Wildman–Crippen MR) is 92.8 cm³/mol. The van der Waals surface area contributed by atoms with E-state index in [1.165, 1.54) is 0 Å². The first kappa shape index (κ1) is 15.1. The van der Waals surface area contributed by atoms with E-state index in [2.05, 4.69) is 5.32 Å². The highest BCUT2D eigenvalue weighted by Crippen LogP contribution is 2.30. The lowest BCUT2D eigenvalue weighted by molar-refractivity contribution is 0.0937. The molecule has 0 bridgehead atoms. The summed E-state index contributed by atoms with van der Waals surface area (Å²) in [6, 6.07) is 21.5. The zero-order valence-corrected chi connectivity index (χ0v) is 13.2. The molecule has 1 amide bonds. The molecule has 1 N–H and O–H groups in total. The van der Waals surface area contributed by atoms with Crippen LogP contribution in [0.2, 0.25) is 0 Å². The molecule has 0 heterocycles. The summed E-state index contributed by atoms with van der Waals surface area (Å²) in [5.74, 6) is 0.477. The molecule has 0 aromatic heterocycles. The van der Waals surface area contributed by atoms with Crippen molar-refractivity contribution in [2.45, 2.75) is 13.0 Å². The van der Waals surface area contributed by atoms with E-state index in [9.17, 15) is 4.79 Å². The molecule has 0 unspecified atom stereocenters. The minimum atomic E-state index is -0.135. The Hall–Kier alpha value is -2.81. The van der Waals surface area contributed by atoms with Gasteiger partial charge in [-0.05, 0) is 23.9 Å². The highest BCUT2D eigenvalue weighted by atomic mass is 16.5. The summed E-state index contributed by atoms with van der Waals surface area (Å²) >= 11 is 0. The maximum absolute atomic E-state index is 12.7. The highest BCUT2D eigenvalue weighted by molar-refractivity contribution is 6.03. The van der Waals surface area contributed by atoms with Crippen LogP contribution in [-0.4, -0.2) is 13.0 Å². The lowest BCUT2D eigenvalue weighted by Gasteiger charge is -2.16. The molecule has 23 heavy (non-hydrogen) atoms. The van der Waals surface area contributed by atoms with Gasteiger partial charge in [0.2, 0.25) is 0 Å². The van der Waals surface area contributed by atoms with Crippen LogP contribution < -0.4 is 10.1 Å². The number of ether oxygens (including phenoxy) is 1. The fraction of sp³-hybridized carbons (Fsp3) is 0.150. The Morgan fingerprint density at radius 2 is 1.65 bits per heavy atom. The molecule has 3 aromatic rings. The Balaban J connectivity index is 1.92. The Morgan fingerprint density at radius 3 is 2.39 bits per heavy atom. The second-order valence-corrected chi connectivity index (χ2v) is 5.47. The highest BCUT2D eigenvalue weighted by Gasteiger charge is 2.17. The van der Waals surface area contributed by atoms with E-state index in [-0.39, 0.29) is 11.9 Å². The minimum Gasteiger partial charge on any atom is -0.495 e. The first-order valence-corrected chi connectivity index (χ1v) is 7.62. The number of nitrogens with one attached hydrogen (secondary N) is 1. The molecule has 0 fully saturated rings. The monoisotopic (exact) mass is 305 g/mol. The largest absolute Gasteiger partial charge is 0.495 e. The van der Waals surface area contributed by atoms with E-state index in [0.717, 1.165) is 16.3 Å². The van der Waals surface area contributed by atoms with Crippen LogP contribution in [0, 0.1) is 0 Å². The lowest BCUT2D eigenvalue weighted by Crippen LogP contribution is -2.27. The quantitative estimate of drug-likeness (QED) is 0.778. The minimum absolute atomic E-state index is 0.0696. The molecule has 0 spiro atoms. The van der Waals surface area contributed by atoms with Gasteiger partial charge < -0.3 is 10.1 Å². The number of carbonyl (C=O) groups excluding carboxylic acids is 1. The van der Waals surface area contributed by atoms with Crippen molar-refractivity contribution in [1.82, 2.24) is 5.32 Å². The summed E-state index contributed by atoms with van der Waals surface area (Å²) in [7, 11) is 1.60. The summed E-state index contributed by atoms with van der Waals surface area (Å²) in [4.78, 5) is 12.7. The summed E-state index contributed by atoms with van der Waals surface area (Å²) < 4.78 is 5.51. The standard InChI is InChI=1S/C20H19NO2/c1-14(15-8-4-3-5-9-15)21-20(22)18-13-12-16-10-6-7-11-17(16)19(18)23-2/h3-14H,1-2H3,(H,21,22)/t14-/m1/s1. The third-order valence-corrected chi connectivity index (χ3v) is 3.98. The normalized spacial score (nSPS) is 11.9. The average molecular weight is 305 g/mol. The number of benzene rings is 3. The fourth-order valence-electron chi connectivity index (χ4n) is 2.74. The van der Waals surface area contributed by atoms with E-state index in [4.69, 9.17) is 4.74 Å². The van der Waals surface area contributed by atoms with Crippen molar-refractivity contribution in [2.75, 3.05) is 7.11 Å². The Labute approximate surface area is 135 Å². The topological polar surface area (TPSA) is 38.3 Å². The second-order valence-electron chi connectivity index (χ2n) is 5.47. The van der Waals surface area contributed by atoms with Crippen molar-refractivity contribution in [2.24, 2.45) is 0 Å². The summed E-state index contributed by atoms with van der Waals surface area (Å²) in [5.41, 5.74) is 1.62. The second kappa shape index (κ2) is 6.53. The number of rotatable bonds is 4. The third kappa shape index (κ3) is 3.04. The zero-order valence-electron chi connectivity index (χ0n) is 13.2. The smallest absolute Gasteiger partial charge is 0.255 e. The van der Waals surface area contributed by atoms with Crippen molar-refractivity contribution >= 4 is 16.7 Å². The molecule has 116 valence electrons. The van der Waals surface area contributed by atoms with Crippen LogP contribution in [0.25, 0.3) is 10.8 Å². The van der Waals surface area contributed by atoms with Crippen LogP contribution in [0.4, 0.5) is 0 Å². The molecule has 0 radical (unpaired) electrons. The summed E-state index contributed by atoms with van der Waals surface area (Å²) in [5, 5.41) is 5.03. The van der Waals surface area contributed by atoms with Gasteiger partial charge in [0.15, 0.2) is 0 Å². The first-order valence-electron chi connectivity index (χ1n) is 7.62. The molecule has 0 aliphatic heterocycles. The van der Waals surface area contributed by atoms with Gasteiger partial charge in [-0.3, -0.25) is 4.79 Å². The van der Waals surface area contributed by atoms with Crippen LogP contribution in [0.1, 0.15) is 28.9 Å². The number of hydrogen-bond acceptors (Lipinski definition) is 2. The maximum Gasteiger partial charge on any atom is 0.255 e. The van der Waals surface area contributed by atoms with Gasteiger partial charge in [0.1, 0.15) is 5.75 Å². The van der Waals surface area contributed by atoms with Crippen LogP contribution in [0.15, 0.2) is 66.7 Å². The number of hydrogen-bond donors (Lipinski definition) is 1. The van der Waals surface area contributed by atoms with Gasteiger partial charge >= 0.3 is 0 Å². The first-order chi connectivity index (χ1) is 11.2. The van der Waals surface area contributed by atoms with E-state index in [0.29, 0.717) is 11.3 Å². The van der Waals surface area contributed by atoms with Gasteiger partial charge in [0.05, 0.1) is 18.7 Å². The molecule has 3 aromatic carbocycles. The fourth-order valence-corrected chi connectivity index (χ4v) is 2.74. The van der Waals surface area contributed by atoms with Gasteiger partial charge in [0.25, 0.3) is 5.91 Å². The van der Waals surface area contributed by atoms with E-state index < -0.39 is 0 Å². The molecule has 0 saturated heterocycles. The van der Waals surface area contributed by atoms with Crippen molar-refractivity contribution < 1.29 is 9.53 Å². The van der Waals surface area contributed by atoms with Gasteiger partial charge in [-0.15, -0.1) is 0 Å². The average Bonchev–Trinajstić information content (AvgIpc) is 2.61. The van der Waals surface area contributed by atoms with Crippen molar-refractivity contribution in [1.29, 1.82) is 0 Å². The van der Waals surface area contributed by atoms with Crippen LogP contribution >= 0.6 is 0 Å². The maximum atomic E-state index is 12.7. The molecule has 0 saturated carbocycles. The number of fused-ring (bicyclic) bond motifs is 1. The molecule has 0 aliphatic carbocycles. The van der Waals surface area contributed by atoms with Crippen molar-refractivity contribution in [3.05, 3.63) is 77.9 Å². The van der Waals surface area contributed by atoms with Crippen molar-refractivity contribution in [3.8, 4) is 5.75 Å². The Bertz CT molecular complexity index is 827. The molecule has 3 rings (SSSR count). The number of amides is 1. The van der Waals surface area contributed by atoms with Crippen LogP contribution in [0.3, 0.4) is 0 Å². The van der Waals surface area contributed by atoms with Gasteiger partial charge in [0, 0.05) is 5.39 Å². The molecule has 0 aliphatic rings. The Morgan fingerprint density at radius 1 is 0.957 bits per heavy atom. The Kier molecular flexibility index (Phi) is 4.29. The number of methoxy groups -OCH3 is 1. The SMILES string of the molecule is COc1c(C(=O)N[C@H](C)c2ccccc2)ccc2ccccc12. The van der Waals surface area contributed by atoms with Gasteiger partial charge in [-0.25, -0.2) is 0 Å². The van der Waals surface area contributed by atoms with E-state index in [1.807, 2.05) is 73.7 Å². The molecule has 1 atom stereocenters. The molecule has 3 heteroatoms. The van der Waals surface area contributed by atoms with Gasteiger partial charge in [-0.1, -0.05) is 60.7 Å². The molecule has 3 nitrogen and oxygen atoms in total. The van der Waals surface area contributed by atoms with Crippen molar-refractivity contribution in [3.63, 3.8) is 0 Å². The summed E-state index contributed by atoms with van der Waals surface area (Å²) in [6.45, 7) is 1.97. The predicted octanol–water partition coefficient (Wildman–Crippen LogP) is 4.34. The van der Waals surface area contributed by atoms with Gasteiger partial charge in [-0.2, -0.15) is 0 Å². The van der Waals surface area contributed by atoms with E-state index in [1.54, 1.807) is 7.11 Å². The third-order valence-electron chi connectivity index (χ3n) is 3.98. The zero-order chi connectivity index (χ0) is 16.2. The number of carbonyl (C=O) groups is 1. The summed E-state index contributed by atoms with van der Waals surface area (Å²) in [6.07, 6.45) is 0. The van der Waals surface area contributed by atoms with Crippen LogP contribution in [-0.2, 0) is 0 Å². The molecular weight excluding hydrogens is 286 g/mol.